The fraction of sp³-hybridized carbons (Fsp3) is 0.350. The predicted molar refractivity (Wildman–Crippen MR) is 118 cm³/mol. The Morgan fingerprint density at radius 3 is 2.42 bits per heavy atom. The molecule has 0 spiro atoms. The van der Waals surface area contributed by atoms with Crippen LogP contribution in [0.2, 0.25) is 0 Å². The van der Waals surface area contributed by atoms with Gasteiger partial charge in [-0.1, -0.05) is 30.3 Å². The van der Waals surface area contributed by atoms with Gasteiger partial charge in [-0.25, -0.2) is 0 Å². The first-order valence-corrected chi connectivity index (χ1v) is 8.55. The Bertz CT molecular complexity index is 663. The van der Waals surface area contributed by atoms with Gasteiger partial charge in [0.1, 0.15) is 18.1 Å². The van der Waals surface area contributed by atoms with Gasteiger partial charge in [0, 0.05) is 13.6 Å². The predicted octanol–water partition coefficient (Wildman–Crippen LogP) is 3.84. The van der Waals surface area contributed by atoms with Gasteiger partial charge in [-0.05, 0) is 43.7 Å². The fourth-order valence-corrected chi connectivity index (χ4v) is 2.26. The summed E-state index contributed by atoms with van der Waals surface area (Å²) in [5, 5.41) is 6.53. The van der Waals surface area contributed by atoms with Crippen molar-refractivity contribution in [2.45, 2.75) is 26.5 Å². The highest BCUT2D eigenvalue weighted by Gasteiger charge is 2.02. The average Bonchev–Trinajstić information content (AvgIpc) is 2.62. The lowest BCUT2D eigenvalue weighted by Crippen LogP contribution is -2.38. The maximum atomic E-state index is 5.72. The molecule has 2 N–H and O–H groups in total. The maximum Gasteiger partial charge on any atom is 0.191 e. The van der Waals surface area contributed by atoms with Crippen LogP contribution in [-0.2, 0) is 6.54 Å². The smallest absolute Gasteiger partial charge is 0.191 e. The minimum Gasteiger partial charge on any atom is -0.492 e. The molecular weight excluding hydrogens is 441 g/mol. The van der Waals surface area contributed by atoms with Crippen molar-refractivity contribution in [3.05, 3.63) is 60.2 Å². The number of halogens is 1. The second kappa shape index (κ2) is 12.4. The van der Waals surface area contributed by atoms with Crippen molar-refractivity contribution in [1.29, 1.82) is 0 Å². The number of hydrogen-bond acceptors (Lipinski definition) is 3. The van der Waals surface area contributed by atoms with Crippen LogP contribution in [-0.4, -0.2) is 32.3 Å². The number of nitrogens with one attached hydrogen (secondary N) is 2. The maximum absolute atomic E-state index is 5.72. The Balaban J connectivity index is 0.00000338. The number of nitrogens with zero attached hydrogens (tertiary/aromatic N) is 1. The number of benzene rings is 2. The molecule has 26 heavy (non-hydrogen) atoms. The van der Waals surface area contributed by atoms with Crippen molar-refractivity contribution in [2.24, 2.45) is 4.99 Å². The van der Waals surface area contributed by atoms with E-state index < -0.39 is 0 Å². The molecule has 0 radical (unpaired) electrons. The molecule has 6 heteroatoms. The van der Waals surface area contributed by atoms with E-state index in [4.69, 9.17) is 9.47 Å². The second-order valence-corrected chi connectivity index (χ2v) is 5.83. The molecule has 2 aromatic rings. The second-order valence-electron chi connectivity index (χ2n) is 5.83. The normalized spacial score (nSPS) is 10.8. The Kier molecular flexibility index (Phi) is 10.5. The number of ether oxygens (including phenoxy) is 2. The van der Waals surface area contributed by atoms with Gasteiger partial charge in [-0.3, -0.25) is 4.99 Å². The van der Waals surface area contributed by atoms with E-state index in [1.54, 1.807) is 7.05 Å². The zero-order valence-corrected chi connectivity index (χ0v) is 17.9. The summed E-state index contributed by atoms with van der Waals surface area (Å²) in [6.45, 7) is 5.96. The summed E-state index contributed by atoms with van der Waals surface area (Å²) < 4.78 is 11.4. The summed E-state index contributed by atoms with van der Waals surface area (Å²) in [4.78, 5) is 4.23. The minimum absolute atomic E-state index is 0. The van der Waals surface area contributed by atoms with E-state index in [9.17, 15) is 0 Å². The monoisotopic (exact) mass is 469 g/mol. The Hall–Kier alpha value is -1.96. The summed E-state index contributed by atoms with van der Waals surface area (Å²) in [5.41, 5.74) is 1.14. The molecule has 5 nitrogen and oxygen atoms in total. The zero-order chi connectivity index (χ0) is 17.9. The molecule has 0 fully saturated rings. The number of aliphatic imine (C=N–C) groups is 1. The first-order chi connectivity index (χ1) is 12.2. The number of para-hydroxylation sites is 1. The molecule has 0 bridgehead atoms. The molecule has 0 saturated heterocycles. The van der Waals surface area contributed by atoms with Crippen LogP contribution >= 0.6 is 24.0 Å². The molecule has 2 aromatic carbocycles. The molecule has 0 unspecified atom stereocenters. The molecule has 0 atom stereocenters. The van der Waals surface area contributed by atoms with Gasteiger partial charge in [0.25, 0.3) is 0 Å². The van der Waals surface area contributed by atoms with E-state index in [0.717, 1.165) is 23.0 Å². The van der Waals surface area contributed by atoms with Gasteiger partial charge in [-0.2, -0.15) is 0 Å². The largest absolute Gasteiger partial charge is 0.492 e. The third-order valence-electron chi connectivity index (χ3n) is 3.36. The van der Waals surface area contributed by atoms with E-state index >= 15 is 0 Å². The molecule has 0 amide bonds. The first kappa shape index (κ1) is 22.1. The Morgan fingerprint density at radius 1 is 1.00 bits per heavy atom. The van der Waals surface area contributed by atoms with E-state index in [2.05, 4.69) is 21.7 Å². The molecule has 2 rings (SSSR count). The first-order valence-electron chi connectivity index (χ1n) is 8.55. The van der Waals surface area contributed by atoms with Gasteiger partial charge in [0.15, 0.2) is 5.96 Å². The summed E-state index contributed by atoms with van der Waals surface area (Å²) in [7, 11) is 1.76. The Morgan fingerprint density at radius 2 is 1.73 bits per heavy atom. The van der Waals surface area contributed by atoms with Crippen molar-refractivity contribution < 1.29 is 9.47 Å². The van der Waals surface area contributed by atoms with Crippen LogP contribution in [0.5, 0.6) is 11.5 Å². The molecule has 142 valence electrons. The van der Waals surface area contributed by atoms with Crippen LogP contribution in [0.4, 0.5) is 0 Å². The van der Waals surface area contributed by atoms with Crippen molar-refractivity contribution in [3.63, 3.8) is 0 Å². The van der Waals surface area contributed by atoms with E-state index in [1.165, 1.54) is 0 Å². The molecule has 0 aliphatic rings. The highest BCUT2D eigenvalue weighted by atomic mass is 127. The highest BCUT2D eigenvalue weighted by molar-refractivity contribution is 14.0. The van der Waals surface area contributed by atoms with Gasteiger partial charge < -0.3 is 20.1 Å². The zero-order valence-electron chi connectivity index (χ0n) is 15.6. The SMILES string of the molecule is CN=C(NCCOc1ccccc1)NCc1cccc(OC(C)C)c1.I. The molecule has 0 saturated carbocycles. The standard InChI is InChI=1S/C20H27N3O2.HI/c1-16(2)25-19-11-7-8-17(14-19)15-23-20(21-3)22-12-13-24-18-9-5-4-6-10-18;/h4-11,14,16H,12-13,15H2,1-3H3,(H2,21,22,23);1H. The minimum atomic E-state index is 0. The van der Waals surface area contributed by atoms with E-state index in [0.29, 0.717) is 19.7 Å². The molecule has 0 aromatic heterocycles. The van der Waals surface area contributed by atoms with Crippen LogP contribution in [0.25, 0.3) is 0 Å². The van der Waals surface area contributed by atoms with Crippen molar-refractivity contribution in [1.82, 2.24) is 10.6 Å². The summed E-state index contributed by atoms with van der Waals surface area (Å²) in [6.07, 6.45) is 0.169. The average molecular weight is 469 g/mol. The van der Waals surface area contributed by atoms with Gasteiger partial charge in [-0.15, -0.1) is 24.0 Å². The van der Waals surface area contributed by atoms with Crippen LogP contribution in [0.1, 0.15) is 19.4 Å². The van der Waals surface area contributed by atoms with Gasteiger partial charge in [0.05, 0.1) is 12.6 Å². The lowest BCUT2D eigenvalue weighted by atomic mass is 10.2. The molecule has 0 aliphatic carbocycles. The number of guanidine groups is 1. The van der Waals surface area contributed by atoms with Crippen LogP contribution in [0, 0.1) is 0 Å². The van der Waals surface area contributed by atoms with Crippen LogP contribution in [0.15, 0.2) is 59.6 Å². The van der Waals surface area contributed by atoms with Crippen molar-refractivity contribution >= 4 is 29.9 Å². The number of rotatable bonds is 8. The molecular formula is C20H28IN3O2. The molecule has 0 aliphatic heterocycles. The topological polar surface area (TPSA) is 54.9 Å². The Labute approximate surface area is 173 Å². The summed E-state index contributed by atoms with van der Waals surface area (Å²) in [5.74, 6) is 2.49. The summed E-state index contributed by atoms with van der Waals surface area (Å²) >= 11 is 0. The van der Waals surface area contributed by atoms with Crippen molar-refractivity contribution in [2.75, 3.05) is 20.2 Å². The number of hydrogen-bond donors (Lipinski definition) is 2. The van der Waals surface area contributed by atoms with Gasteiger partial charge in [0.2, 0.25) is 0 Å². The molecule has 0 heterocycles. The highest BCUT2D eigenvalue weighted by Crippen LogP contribution is 2.14. The van der Waals surface area contributed by atoms with Crippen LogP contribution < -0.4 is 20.1 Å². The van der Waals surface area contributed by atoms with Gasteiger partial charge >= 0.3 is 0 Å². The third kappa shape index (κ3) is 8.42. The lowest BCUT2D eigenvalue weighted by Gasteiger charge is -2.14. The van der Waals surface area contributed by atoms with Crippen LogP contribution in [0.3, 0.4) is 0 Å². The van der Waals surface area contributed by atoms with E-state index in [-0.39, 0.29) is 30.1 Å². The van der Waals surface area contributed by atoms with E-state index in [1.807, 2.05) is 62.4 Å². The lowest BCUT2D eigenvalue weighted by molar-refractivity contribution is 0.242. The summed E-state index contributed by atoms with van der Waals surface area (Å²) in [6, 6.07) is 17.8. The van der Waals surface area contributed by atoms with Crippen molar-refractivity contribution in [3.8, 4) is 11.5 Å². The quantitative estimate of drug-likeness (QED) is 0.267. The fourth-order valence-electron chi connectivity index (χ4n) is 2.26. The third-order valence-corrected chi connectivity index (χ3v) is 3.36.